The van der Waals surface area contributed by atoms with Gasteiger partial charge in [0.15, 0.2) is 0 Å². The number of aliphatic imine (C=N–C) groups is 1. The number of phenolic OH excluding ortho intramolecular Hbond substituents is 1. The third-order valence-corrected chi connectivity index (χ3v) is 5.99. The quantitative estimate of drug-likeness (QED) is 0.831. The summed E-state index contributed by atoms with van der Waals surface area (Å²) in [6, 6.07) is 5.68. The van der Waals surface area contributed by atoms with Crippen LogP contribution in [0.5, 0.6) is 5.75 Å². The lowest BCUT2D eigenvalue weighted by molar-refractivity contribution is 0.0568. The van der Waals surface area contributed by atoms with Gasteiger partial charge in [0.25, 0.3) is 0 Å². The van der Waals surface area contributed by atoms with E-state index in [9.17, 15) is 5.11 Å². The zero-order valence-electron chi connectivity index (χ0n) is 13.5. The number of halogens is 1. The number of hydrogen-bond acceptors (Lipinski definition) is 3. The first kappa shape index (κ1) is 16.5. The molecule has 3 nitrogen and oxygen atoms in total. The molecule has 0 radical (unpaired) electrons. The van der Waals surface area contributed by atoms with Crippen molar-refractivity contribution in [2.75, 3.05) is 14.1 Å². The van der Waals surface area contributed by atoms with Crippen molar-refractivity contribution in [3.8, 4) is 5.75 Å². The van der Waals surface area contributed by atoms with Crippen LogP contribution in [0.4, 0.5) is 0 Å². The highest BCUT2D eigenvalue weighted by Gasteiger charge is 2.52. The van der Waals surface area contributed by atoms with Gasteiger partial charge >= 0.3 is 0 Å². The second-order valence-corrected chi connectivity index (χ2v) is 7.84. The number of phenols is 1. The molecule has 1 aromatic carbocycles. The molecule has 116 valence electrons. The minimum absolute atomic E-state index is 0.0919. The van der Waals surface area contributed by atoms with Crippen LogP contribution in [0.15, 0.2) is 27.7 Å². The molecule has 0 saturated heterocycles. The van der Waals surface area contributed by atoms with Gasteiger partial charge in [0.05, 0.1) is 6.04 Å². The first-order valence-corrected chi connectivity index (χ1v) is 8.17. The highest BCUT2D eigenvalue weighted by molar-refractivity contribution is 9.10. The molecule has 1 N–H and O–H groups in total. The summed E-state index contributed by atoms with van der Waals surface area (Å²) in [5.41, 5.74) is 1.00. The van der Waals surface area contributed by atoms with Gasteiger partial charge in [-0.25, -0.2) is 0 Å². The molecule has 1 fully saturated rings. The van der Waals surface area contributed by atoms with Gasteiger partial charge in [0.2, 0.25) is 0 Å². The van der Waals surface area contributed by atoms with Gasteiger partial charge < -0.3 is 10.0 Å². The average Bonchev–Trinajstić information content (AvgIpc) is 2.63. The Morgan fingerprint density at radius 3 is 2.57 bits per heavy atom. The van der Waals surface area contributed by atoms with Gasteiger partial charge in [-0.3, -0.25) is 4.99 Å². The average molecular weight is 353 g/mol. The van der Waals surface area contributed by atoms with Crippen molar-refractivity contribution >= 4 is 22.1 Å². The van der Waals surface area contributed by atoms with E-state index in [1.165, 1.54) is 0 Å². The molecular weight excluding hydrogens is 328 g/mol. The highest BCUT2D eigenvalue weighted by atomic mass is 79.9. The Kier molecular flexibility index (Phi) is 4.50. The maximum atomic E-state index is 9.91. The number of nitrogens with zero attached hydrogens (tertiary/aromatic N) is 2. The van der Waals surface area contributed by atoms with E-state index in [1.807, 2.05) is 18.3 Å². The van der Waals surface area contributed by atoms with Crippen LogP contribution in [0.2, 0.25) is 0 Å². The lowest BCUT2D eigenvalue weighted by atomic mass is 9.73. The summed E-state index contributed by atoms with van der Waals surface area (Å²) < 4.78 is 0.950. The predicted molar refractivity (Wildman–Crippen MR) is 92.3 cm³/mol. The van der Waals surface area contributed by atoms with Crippen molar-refractivity contribution < 1.29 is 5.11 Å². The number of hydrogen-bond donors (Lipinski definition) is 1. The van der Waals surface area contributed by atoms with Crippen molar-refractivity contribution in [1.29, 1.82) is 0 Å². The van der Waals surface area contributed by atoms with E-state index in [1.54, 1.807) is 6.07 Å². The van der Waals surface area contributed by atoms with E-state index in [0.717, 1.165) is 22.9 Å². The van der Waals surface area contributed by atoms with E-state index in [4.69, 9.17) is 4.99 Å². The molecule has 0 unspecified atom stereocenters. The molecule has 2 rings (SSSR count). The summed E-state index contributed by atoms with van der Waals surface area (Å²) >= 11 is 3.43. The Morgan fingerprint density at radius 2 is 2.00 bits per heavy atom. The summed E-state index contributed by atoms with van der Waals surface area (Å²) in [5, 5.41) is 9.91. The molecule has 1 aliphatic carbocycles. The first-order valence-electron chi connectivity index (χ1n) is 7.37. The predicted octanol–water partition coefficient (Wildman–Crippen LogP) is 4.08. The monoisotopic (exact) mass is 352 g/mol. The fourth-order valence-corrected chi connectivity index (χ4v) is 3.70. The van der Waals surface area contributed by atoms with E-state index >= 15 is 0 Å². The standard InChI is InChI=1S/C17H25BrN2O/c1-16(2)15(8-9-17(16,3)20(4)5)19-11-12-10-13(18)6-7-14(12)21/h6-7,10-11,15,21H,8-9H2,1-5H3/t15-,17+/m0/s1. The molecule has 4 heteroatoms. The van der Waals surface area contributed by atoms with E-state index in [0.29, 0.717) is 0 Å². The van der Waals surface area contributed by atoms with Crippen molar-refractivity contribution in [3.63, 3.8) is 0 Å². The molecule has 0 heterocycles. The SMILES string of the molecule is CN(C)[C@]1(C)CC[C@H](N=Cc2cc(Br)ccc2O)C1(C)C. The second kappa shape index (κ2) is 5.73. The van der Waals surface area contributed by atoms with Crippen molar-refractivity contribution in [3.05, 3.63) is 28.2 Å². The Balaban J connectivity index is 2.25. The largest absolute Gasteiger partial charge is 0.507 e. The van der Waals surface area contributed by atoms with Crippen molar-refractivity contribution in [1.82, 2.24) is 4.90 Å². The molecule has 0 aromatic heterocycles. The molecule has 1 saturated carbocycles. The van der Waals surface area contributed by atoms with Gasteiger partial charge in [0.1, 0.15) is 5.75 Å². The Labute approximate surface area is 136 Å². The van der Waals surface area contributed by atoms with E-state index in [2.05, 4.69) is 55.7 Å². The van der Waals surface area contributed by atoms with Crippen LogP contribution in [0.3, 0.4) is 0 Å². The van der Waals surface area contributed by atoms with E-state index in [-0.39, 0.29) is 22.7 Å². The van der Waals surface area contributed by atoms with Gasteiger partial charge in [0, 0.05) is 27.2 Å². The maximum Gasteiger partial charge on any atom is 0.124 e. The van der Waals surface area contributed by atoms with Crippen molar-refractivity contribution in [2.45, 2.75) is 45.2 Å². The molecule has 1 aromatic rings. The summed E-state index contributed by atoms with van der Waals surface area (Å²) in [6.45, 7) is 6.91. The normalized spacial score (nSPS) is 28.6. The van der Waals surface area contributed by atoms with Gasteiger partial charge in [-0.05, 0) is 52.1 Å². The van der Waals surface area contributed by atoms with Crippen LogP contribution in [0, 0.1) is 5.41 Å². The van der Waals surface area contributed by atoms with Crippen molar-refractivity contribution in [2.24, 2.45) is 10.4 Å². The third-order valence-electron chi connectivity index (χ3n) is 5.50. The van der Waals surface area contributed by atoms with Crippen LogP contribution < -0.4 is 0 Å². The van der Waals surface area contributed by atoms with Gasteiger partial charge in [-0.1, -0.05) is 29.8 Å². The lowest BCUT2D eigenvalue weighted by Gasteiger charge is -2.45. The third kappa shape index (κ3) is 2.88. The molecular formula is C17H25BrN2O. The Hall–Kier alpha value is -0.870. The molecule has 0 bridgehead atoms. The van der Waals surface area contributed by atoms with Crippen LogP contribution in [-0.2, 0) is 0 Å². The van der Waals surface area contributed by atoms with Crippen LogP contribution >= 0.6 is 15.9 Å². The molecule has 1 aliphatic rings. The highest BCUT2D eigenvalue weighted by Crippen LogP contribution is 2.50. The Morgan fingerprint density at radius 1 is 1.33 bits per heavy atom. The molecule has 0 spiro atoms. The van der Waals surface area contributed by atoms with E-state index < -0.39 is 0 Å². The molecule has 2 atom stereocenters. The molecule has 21 heavy (non-hydrogen) atoms. The van der Waals surface area contributed by atoms with Gasteiger partial charge in [-0.2, -0.15) is 0 Å². The fourth-order valence-electron chi connectivity index (χ4n) is 3.32. The number of rotatable bonds is 3. The number of benzene rings is 1. The number of aromatic hydroxyl groups is 1. The summed E-state index contributed by atoms with van der Waals surface area (Å²) in [7, 11) is 4.29. The van der Waals surface area contributed by atoms with Gasteiger partial charge in [-0.15, -0.1) is 0 Å². The summed E-state index contributed by atoms with van der Waals surface area (Å²) in [4.78, 5) is 7.11. The zero-order chi connectivity index (χ0) is 15.8. The fraction of sp³-hybridized carbons (Fsp3) is 0.588. The smallest absolute Gasteiger partial charge is 0.124 e. The lowest BCUT2D eigenvalue weighted by Crippen LogP contribution is -2.52. The van der Waals surface area contributed by atoms with Crippen LogP contribution in [0.1, 0.15) is 39.2 Å². The minimum Gasteiger partial charge on any atom is -0.507 e. The minimum atomic E-state index is 0.0919. The first-order chi connectivity index (χ1) is 9.68. The Bertz CT molecular complexity index is 554. The topological polar surface area (TPSA) is 35.8 Å². The van der Waals surface area contributed by atoms with Crippen LogP contribution in [-0.4, -0.2) is 41.9 Å². The second-order valence-electron chi connectivity index (χ2n) is 6.93. The maximum absolute atomic E-state index is 9.91. The molecule has 0 aliphatic heterocycles. The summed E-state index contributed by atoms with van der Waals surface area (Å²) in [5.74, 6) is 0.271. The zero-order valence-corrected chi connectivity index (χ0v) is 15.1. The molecule has 0 amide bonds. The summed E-state index contributed by atoms with van der Waals surface area (Å²) in [6.07, 6.45) is 4.03. The van der Waals surface area contributed by atoms with Crippen LogP contribution in [0.25, 0.3) is 0 Å².